The van der Waals surface area contributed by atoms with Crippen LogP contribution in [0.5, 0.6) is 0 Å². The topological polar surface area (TPSA) is 53.1 Å². The van der Waals surface area contributed by atoms with E-state index in [1.165, 1.54) is 18.2 Å². The van der Waals surface area contributed by atoms with Gasteiger partial charge < -0.3 is 10.6 Å². The second-order valence-electron chi connectivity index (χ2n) is 4.50. The second kappa shape index (κ2) is 5.69. The molecule has 3 N–H and O–H groups in total. The Hall–Kier alpha value is -2.43. The zero-order valence-corrected chi connectivity index (χ0v) is 11.0. The van der Waals surface area contributed by atoms with Gasteiger partial charge in [-0.05, 0) is 18.2 Å². The van der Waals surface area contributed by atoms with E-state index in [0.717, 1.165) is 0 Å². The van der Waals surface area contributed by atoms with Crippen molar-refractivity contribution in [3.05, 3.63) is 65.2 Å². The number of hydrogen-bond donors (Lipinski definition) is 2. The Morgan fingerprint density at radius 2 is 1.75 bits per heavy atom. The first-order valence-electron chi connectivity index (χ1n) is 6.08. The van der Waals surface area contributed by atoms with E-state index in [4.69, 9.17) is 11.1 Å². The van der Waals surface area contributed by atoms with Crippen molar-refractivity contribution >= 4 is 11.5 Å². The van der Waals surface area contributed by atoms with Gasteiger partial charge in [0.2, 0.25) is 0 Å². The van der Waals surface area contributed by atoms with Gasteiger partial charge in [0.05, 0.1) is 11.3 Å². The summed E-state index contributed by atoms with van der Waals surface area (Å²) in [5.41, 5.74) is 6.41. The Labute approximate surface area is 116 Å². The molecule has 2 rings (SSSR count). The van der Waals surface area contributed by atoms with Crippen LogP contribution in [0.4, 0.5) is 14.5 Å². The zero-order valence-electron chi connectivity index (χ0n) is 11.0. The van der Waals surface area contributed by atoms with Crippen molar-refractivity contribution in [1.29, 1.82) is 5.41 Å². The summed E-state index contributed by atoms with van der Waals surface area (Å²) < 4.78 is 27.4. The summed E-state index contributed by atoms with van der Waals surface area (Å²) in [6, 6.07) is 10.8. The van der Waals surface area contributed by atoms with Gasteiger partial charge in [-0.2, -0.15) is 0 Å². The number of benzene rings is 2. The van der Waals surface area contributed by atoms with Crippen molar-refractivity contribution in [3.8, 4) is 0 Å². The van der Waals surface area contributed by atoms with E-state index >= 15 is 0 Å². The number of hydrogen-bond acceptors (Lipinski definition) is 2. The highest BCUT2D eigenvalue weighted by molar-refractivity contribution is 6.00. The third-order valence-corrected chi connectivity index (χ3v) is 3.04. The average Bonchev–Trinajstić information content (AvgIpc) is 2.40. The van der Waals surface area contributed by atoms with E-state index in [1.807, 2.05) is 0 Å². The lowest BCUT2D eigenvalue weighted by molar-refractivity contribution is 0.607. The fourth-order valence-electron chi connectivity index (χ4n) is 2.06. The Kier molecular flexibility index (Phi) is 3.98. The van der Waals surface area contributed by atoms with Crippen molar-refractivity contribution in [2.75, 3.05) is 11.9 Å². The standard InChI is InChI=1S/C15H15F2N3/c1-20(9-10-5-2-3-6-11(10)16)13-8-4-7-12(17)14(13)15(18)19/h2-8H,9H2,1H3,(H3,18,19). The van der Waals surface area contributed by atoms with Crippen LogP contribution in [0.25, 0.3) is 0 Å². The van der Waals surface area contributed by atoms with Crippen LogP contribution in [-0.2, 0) is 6.54 Å². The molecule has 0 aliphatic rings. The third kappa shape index (κ3) is 2.77. The minimum atomic E-state index is -0.560. The lowest BCUT2D eigenvalue weighted by atomic mass is 10.1. The van der Waals surface area contributed by atoms with Crippen LogP contribution >= 0.6 is 0 Å². The fourth-order valence-corrected chi connectivity index (χ4v) is 2.06. The second-order valence-corrected chi connectivity index (χ2v) is 4.50. The number of nitrogen functional groups attached to an aromatic ring is 1. The molecule has 0 unspecified atom stereocenters. The normalized spacial score (nSPS) is 10.3. The number of nitrogens with one attached hydrogen (secondary N) is 1. The molecular formula is C15H15F2N3. The molecule has 20 heavy (non-hydrogen) atoms. The Morgan fingerprint density at radius 3 is 2.40 bits per heavy atom. The van der Waals surface area contributed by atoms with Crippen molar-refractivity contribution in [2.24, 2.45) is 5.73 Å². The number of rotatable bonds is 4. The minimum absolute atomic E-state index is 0.0336. The van der Waals surface area contributed by atoms with Gasteiger partial charge in [-0.15, -0.1) is 0 Å². The Morgan fingerprint density at radius 1 is 1.10 bits per heavy atom. The smallest absolute Gasteiger partial charge is 0.136 e. The van der Waals surface area contributed by atoms with Crippen LogP contribution < -0.4 is 10.6 Å². The van der Waals surface area contributed by atoms with Crippen LogP contribution in [-0.4, -0.2) is 12.9 Å². The SMILES string of the molecule is CN(Cc1ccccc1F)c1cccc(F)c1C(=N)N. The van der Waals surface area contributed by atoms with Crippen molar-refractivity contribution < 1.29 is 8.78 Å². The zero-order chi connectivity index (χ0) is 14.7. The van der Waals surface area contributed by atoms with Crippen LogP contribution in [0.1, 0.15) is 11.1 Å². The molecule has 5 heteroatoms. The predicted molar refractivity (Wildman–Crippen MR) is 75.9 cm³/mol. The van der Waals surface area contributed by atoms with Gasteiger partial charge >= 0.3 is 0 Å². The maximum atomic E-state index is 13.8. The molecule has 0 fully saturated rings. The Balaban J connectivity index is 2.35. The van der Waals surface area contributed by atoms with Gasteiger partial charge in [0.1, 0.15) is 17.5 Å². The lowest BCUT2D eigenvalue weighted by Gasteiger charge is -2.22. The molecule has 104 valence electrons. The van der Waals surface area contributed by atoms with Crippen LogP contribution in [0.15, 0.2) is 42.5 Å². The van der Waals surface area contributed by atoms with Gasteiger partial charge in [0, 0.05) is 19.2 Å². The van der Waals surface area contributed by atoms with Crippen LogP contribution in [0.2, 0.25) is 0 Å². The molecule has 0 amide bonds. The third-order valence-electron chi connectivity index (χ3n) is 3.04. The molecule has 3 nitrogen and oxygen atoms in total. The molecule has 0 radical (unpaired) electrons. The molecule has 0 aromatic heterocycles. The molecular weight excluding hydrogens is 260 g/mol. The van der Waals surface area contributed by atoms with E-state index in [-0.39, 0.29) is 23.8 Å². The molecule has 0 spiro atoms. The van der Waals surface area contributed by atoms with Gasteiger partial charge in [-0.25, -0.2) is 8.78 Å². The highest BCUT2D eigenvalue weighted by atomic mass is 19.1. The summed E-state index contributed by atoms with van der Waals surface area (Å²) in [5, 5.41) is 7.47. The van der Waals surface area contributed by atoms with Crippen molar-refractivity contribution in [3.63, 3.8) is 0 Å². The van der Waals surface area contributed by atoms with Crippen LogP contribution in [0.3, 0.4) is 0 Å². The van der Waals surface area contributed by atoms with Crippen LogP contribution in [0, 0.1) is 17.0 Å². The highest BCUT2D eigenvalue weighted by Crippen LogP contribution is 2.23. The van der Waals surface area contributed by atoms with E-state index in [9.17, 15) is 8.78 Å². The number of nitrogens with zero attached hydrogens (tertiary/aromatic N) is 1. The molecule has 0 aliphatic carbocycles. The fraction of sp³-hybridized carbons (Fsp3) is 0.133. The first-order valence-corrected chi connectivity index (χ1v) is 6.08. The number of amidine groups is 1. The van der Waals surface area contributed by atoms with Gasteiger partial charge in [0.15, 0.2) is 0 Å². The monoisotopic (exact) mass is 275 g/mol. The molecule has 2 aromatic carbocycles. The number of nitrogens with two attached hydrogens (primary N) is 1. The van der Waals surface area contributed by atoms with Gasteiger partial charge in [-0.3, -0.25) is 5.41 Å². The summed E-state index contributed by atoms with van der Waals surface area (Å²) >= 11 is 0. The Bertz CT molecular complexity index is 641. The van der Waals surface area contributed by atoms with Gasteiger partial charge in [-0.1, -0.05) is 24.3 Å². The first kappa shape index (κ1) is 14.0. The maximum absolute atomic E-state index is 13.8. The van der Waals surface area contributed by atoms with Crippen molar-refractivity contribution in [1.82, 2.24) is 0 Å². The molecule has 0 heterocycles. The lowest BCUT2D eigenvalue weighted by Crippen LogP contribution is -2.23. The molecule has 2 aromatic rings. The first-order chi connectivity index (χ1) is 9.50. The number of halogens is 2. The predicted octanol–water partition coefficient (Wildman–Crippen LogP) is 2.89. The summed E-state index contributed by atoms with van der Waals surface area (Å²) in [5.74, 6) is -1.23. The summed E-state index contributed by atoms with van der Waals surface area (Å²) in [6.45, 7) is 0.260. The largest absolute Gasteiger partial charge is 0.384 e. The maximum Gasteiger partial charge on any atom is 0.136 e. The molecule has 0 atom stereocenters. The molecule has 0 saturated heterocycles. The van der Waals surface area contributed by atoms with E-state index in [2.05, 4.69) is 0 Å². The van der Waals surface area contributed by atoms with Crippen molar-refractivity contribution in [2.45, 2.75) is 6.54 Å². The van der Waals surface area contributed by atoms with Gasteiger partial charge in [0.25, 0.3) is 0 Å². The average molecular weight is 275 g/mol. The summed E-state index contributed by atoms with van der Waals surface area (Å²) in [4.78, 5) is 1.66. The molecule has 0 bridgehead atoms. The molecule has 0 saturated carbocycles. The highest BCUT2D eigenvalue weighted by Gasteiger charge is 2.15. The summed E-state index contributed by atoms with van der Waals surface area (Å²) in [6.07, 6.45) is 0. The molecule has 0 aliphatic heterocycles. The number of anilines is 1. The summed E-state index contributed by atoms with van der Waals surface area (Å²) in [7, 11) is 1.70. The van der Waals surface area contributed by atoms with E-state index in [1.54, 1.807) is 36.2 Å². The van der Waals surface area contributed by atoms with E-state index in [0.29, 0.717) is 11.3 Å². The quantitative estimate of drug-likeness (QED) is 0.666. The van der Waals surface area contributed by atoms with E-state index < -0.39 is 5.82 Å². The minimum Gasteiger partial charge on any atom is -0.384 e.